The first-order chi connectivity index (χ1) is 15.9. The molecule has 0 saturated carbocycles. The van der Waals surface area contributed by atoms with Gasteiger partial charge in [-0.05, 0) is 31.5 Å². The van der Waals surface area contributed by atoms with E-state index in [0.717, 1.165) is 21.4 Å². The number of ketones is 1. The quantitative estimate of drug-likeness (QED) is 0.394. The van der Waals surface area contributed by atoms with Gasteiger partial charge in [-0.3, -0.25) is 14.2 Å². The lowest BCUT2D eigenvalue weighted by Crippen LogP contribution is -2.27. The van der Waals surface area contributed by atoms with E-state index in [4.69, 9.17) is 0 Å². The summed E-state index contributed by atoms with van der Waals surface area (Å²) in [7, 11) is 0. The van der Waals surface area contributed by atoms with Crippen LogP contribution in [0.2, 0.25) is 0 Å². The number of carbonyl (C=O) groups excluding carboxylic acids is 1. The number of Topliss-reactive ketones (excluding diaryl/α,β-unsaturated/α-hetero) is 1. The molecule has 7 heteroatoms. The second kappa shape index (κ2) is 8.02. The zero-order valence-electron chi connectivity index (χ0n) is 18.4. The van der Waals surface area contributed by atoms with Gasteiger partial charge in [0.25, 0.3) is 5.56 Å². The van der Waals surface area contributed by atoms with E-state index < -0.39 is 5.69 Å². The number of fused-ring (bicyclic) bond motifs is 3. The van der Waals surface area contributed by atoms with Crippen LogP contribution in [0.1, 0.15) is 27.0 Å². The summed E-state index contributed by atoms with van der Waals surface area (Å²) >= 11 is 0. The van der Waals surface area contributed by atoms with E-state index in [2.05, 4.69) is 5.10 Å². The van der Waals surface area contributed by atoms with E-state index in [1.54, 1.807) is 36.4 Å². The Morgan fingerprint density at radius 2 is 1.48 bits per heavy atom. The minimum Gasteiger partial charge on any atom is -0.292 e. The van der Waals surface area contributed by atoms with Crippen LogP contribution in [-0.4, -0.2) is 24.5 Å². The van der Waals surface area contributed by atoms with Crippen molar-refractivity contribution >= 4 is 22.5 Å². The van der Waals surface area contributed by atoms with Gasteiger partial charge in [0, 0.05) is 5.56 Å². The van der Waals surface area contributed by atoms with Gasteiger partial charge in [-0.2, -0.15) is 0 Å². The minimum absolute atomic E-state index is 0.209. The molecular weight excluding hydrogens is 416 g/mol. The molecule has 2 aromatic heterocycles. The Morgan fingerprint density at radius 1 is 0.848 bits per heavy atom. The molecule has 0 unspecified atom stereocenters. The average molecular weight is 438 g/mol. The lowest BCUT2D eigenvalue weighted by molar-refractivity contribution is 0.0966. The van der Waals surface area contributed by atoms with E-state index in [1.807, 2.05) is 50.2 Å². The molecule has 0 radical (unpaired) electrons. The fourth-order valence-corrected chi connectivity index (χ4v) is 3.96. The summed E-state index contributed by atoms with van der Waals surface area (Å²) in [6, 6.07) is 22.0. The van der Waals surface area contributed by atoms with Gasteiger partial charge in [0.15, 0.2) is 5.78 Å². The van der Waals surface area contributed by atoms with Gasteiger partial charge in [-0.1, -0.05) is 71.8 Å². The summed E-state index contributed by atoms with van der Waals surface area (Å²) < 4.78 is 4.03. The van der Waals surface area contributed by atoms with Crippen LogP contribution in [0, 0.1) is 13.8 Å². The maximum Gasteiger partial charge on any atom is 0.352 e. The number of hydrogen-bond acceptors (Lipinski definition) is 4. The molecule has 5 aromatic rings. The van der Waals surface area contributed by atoms with E-state index >= 15 is 0 Å². The number of benzene rings is 3. The van der Waals surface area contributed by atoms with Crippen LogP contribution in [0.3, 0.4) is 0 Å². The molecule has 2 heterocycles. The van der Waals surface area contributed by atoms with E-state index in [0.29, 0.717) is 16.5 Å². The molecule has 0 saturated heterocycles. The zero-order chi connectivity index (χ0) is 23.1. The molecule has 0 aliphatic carbocycles. The molecule has 0 aliphatic rings. The summed E-state index contributed by atoms with van der Waals surface area (Å²) in [6.07, 6.45) is 0. The van der Waals surface area contributed by atoms with Crippen molar-refractivity contribution in [3.05, 3.63) is 116 Å². The molecule has 33 heavy (non-hydrogen) atoms. The van der Waals surface area contributed by atoms with Gasteiger partial charge in [0.2, 0.25) is 5.78 Å². The van der Waals surface area contributed by atoms with Crippen molar-refractivity contribution in [1.82, 2.24) is 18.7 Å². The van der Waals surface area contributed by atoms with Gasteiger partial charge >= 0.3 is 5.69 Å². The van der Waals surface area contributed by atoms with Crippen molar-refractivity contribution in [3.8, 4) is 0 Å². The Balaban J connectivity index is 1.68. The lowest BCUT2D eigenvalue weighted by Gasteiger charge is -2.10. The van der Waals surface area contributed by atoms with Crippen molar-refractivity contribution in [2.75, 3.05) is 0 Å². The molecule has 0 bridgehead atoms. The third-order valence-electron chi connectivity index (χ3n) is 5.81. The van der Waals surface area contributed by atoms with Crippen molar-refractivity contribution in [1.29, 1.82) is 0 Å². The van der Waals surface area contributed by atoms with Crippen molar-refractivity contribution in [2.24, 2.45) is 0 Å². The van der Waals surface area contributed by atoms with Crippen molar-refractivity contribution in [2.45, 2.75) is 26.9 Å². The van der Waals surface area contributed by atoms with Crippen LogP contribution in [0.4, 0.5) is 0 Å². The Kier molecular flexibility index (Phi) is 5.01. The predicted octanol–water partition coefficient (Wildman–Crippen LogP) is 3.36. The Bertz CT molecular complexity index is 1620. The van der Waals surface area contributed by atoms with E-state index in [9.17, 15) is 14.4 Å². The maximum atomic E-state index is 13.3. The highest BCUT2D eigenvalue weighted by Gasteiger charge is 2.19. The number of rotatable bonds is 5. The Labute approximate surface area is 189 Å². The highest BCUT2D eigenvalue weighted by molar-refractivity contribution is 5.95. The second-order valence-electron chi connectivity index (χ2n) is 8.26. The Morgan fingerprint density at radius 3 is 2.18 bits per heavy atom. The van der Waals surface area contributed by atoms with Crippen molar-refractivity contribution in [3.63, 3.8) is 0 Å². The molecule has 0 N–H and O–H groups in total. The third-order valence-corrected chi connectivity index (χ3v) is 5.81. The van der Waals surface area contributed by atoms with Gasteiger partial charge in [0.1, 0.15) is 6.54 Å². The fraction of sp³-hybridized carbons (Fsp3) is 0.154. The van der Waals surface area contributed by atoms with Crippen LogP contribution in [0.25, 0.3) is 16.7 Å². The number of para-hydroxylation sites is 1. The molecule has 0 aliphatic heterocycles. The standard InChI is InChI=1S/C26H22N4O3/c1-17-7-11-19(12-8-17)15-28-24(32)21-5-3-4-6-22(21)30-25(28)27-29(26(30)33)16-23(31)20-13-9-18(2)10-14-20/h3-14H,15-16H2,1-2H3. The number of aromatic nitrogens is 4. The first-order valence-electron chi connectivity index (χ1n) is 10.7. The smallest absolute Gasteiger partial charge is 0.292 e. The normalized spacial score (nSPS) is 11.3. The largest absolute Gasteiger partial charge is 0.352 e. The van der Waals surface area contributed by atoms with Gasteiger partial charge in [-0.25, -0.2) is 13.9 Å². The SMILES string of the molecule is Cc1ccc(Cn2c(=O)c3ccccc3n3c(=O)n(CC(=O)c4ccc(C)cc4)nc23)cc1. The van der Waals surface area contributed by atoms with Gasteiger partial charge in [-0.15, -0.1) is 5.10 Å². The monoisotopic (exact) mass is 438 g/mol. The number of carbonyl (C=O) groups is 1. The van der Waals surface area contributed by atoms with Crippen LogP contribution in [0.5, 0.6) is 0 Å². The van der Waals surface area contributed by atoms with Crippen LogP contribution < -0.4 is 11.2 Å². The summed E-state index contributed by atoms with van der Waals surface area (Å²) in [5.41, 5.74) is 3.36. The zero-order valence-corrected chi connectivity index (χ0v) is 18.4. The van der Waals surface area contributed by atoms with Crippen LogP contribution in [-0.2, 0) is 13.1 Å². The molecule has 5 rings (SSSR count). The number of hydrogen-bond donors (Lipinski definition) is 0. The maximum absolute atomic E-state index is 13.3. The summed E-state index contributed by atoms with van der Waals surface area (Å²) in [5.74, 6) is -0.0155. The molecule has 0 fully saturated rings. The molecular formula is C26H22N4O3. The molecule has 0 amide bonds. The second-order valence-corrected chi connectivity index (χ2v) is 8.26. The van der Waals surface area contributed by atoms with E-state index in [-0.39, 0.29) is 30.2 Å². The lowest BCUT2D eigenvalue weighted by atomic mass is 10.1. The molecule has 7 nitrogen and oxygen atoms in total. The minimum atomic E-state index is -0.459. The van der Waals surface area contributed by atoms with E-state index in [1.165, 1.54) is 8.97 Å². The number of nitrogens with zero attached hydrogens (tertiary/aromatic N) is 4. The van der Waals surface area contributed by atoms with Gasteiger partial charge < -0.3 is 0 Å². The highest BCUT2D eigenvalue weighted by atomic mass is 16.2. The van der Waals surface area contributed by atoms with Crippen LogP contribution in [0.15, 0.2) is 82.4 Å². The fourth-order valence-electron chi connectivity index (χ4n) is 3.96. The first kappa shape index (κ1) is 20.6. The number of aryl methyl sites for hydroxylation is 2. The van der Waals surface area contributed by atoms with Crippen molar-refractivity contribution < 1.29 is 4.79 Å². The van der Waals surface area contributed by atoms with Crippen LogP contribution >= 0.6 is 0 Å². The molecule has 164 valence electrons. The van der Waals surface area contributed by atoms with Gasteiger partial charge in [0.05, 0.1) is 17.4 Å². The molecule has 0 spiro atoms. The predicted molar refractivity (Wildman–Crippen MR) is 127 cm³/mol. The summed E-state index contributed by atoms with van der Waals surface area (Å²) in [4.78, 5) is 39.5. The highest BCUT2D eigenvalue weighted by Crippen LogP contribution is 2.13. The average Bonchev–Trinajstić information content (AvgIpc) is 3.14. The molecule has 3 aromatic carbocycles. The summed E-state index contributed by atoms with van der Waals surface area (Å²) in [6.45, 7) is 3.99. The molecule has 0 atom stereocenters. The Hall–Kier alpha value is -4.26. The topological polar surface area (TPSA) is 78.4 Å². The third kappa shape index (κ3) is 3.67. The summed E-state index contributed by atoms with van der Waals surface area (Å²) in [5, 5.41) is 4.85. The first-order valence-corrected chi connectivity index (χ1v) is 10.7.